The van der Waals surface area contributed by atoms with Crippen LogP contribution in [0.3, 0.4) is 0 Å². The maximum atomic E-state index is 14.8. The number of halogens is 4. The van der Waals surface area contributed by atoms with Gasteiger partial charge in [0, 0.05) is 5.56 Å². The topological polar surface area (TPSA) is 0 Å². The van der Waals surface area contributed by atoms with Crippen LogP contribution in [0.15, 0.2) is 54.6 Å². The Kier molecular flexibility index (Phi) is 11.4. The molecule has 0 aromatic heterocycles. The zero-order chi connectivity index (χ0) is 27.6. The fraction of sp³-hybridized carbons (Fsp3) is 0.486. The van der Waals surface area contributed by atoms with Gasteiger partial charge >= 0.3 is 0 Å². The van der Waals surface area contributed by atoms with Gasteiger partial charge in [-0.2, -0.15) is 0 Å². The van der Waals surface area contributed by atoms with E-state index in [4.69, 9.17) is 11.6 Å². The van der Waals surface area contributed by atoms with E-state index < -0.39 is 22.5 Å². The molecule has 4 heteroatoms. The van der Waals surface area contributed by atoms with Crippen molar-refractivity contribution in [3.8, 4) is 11.1 Å². The summed E-state index contributed by atoms with van der Waals surface area (Å²) in [6.07, 6.45) is 17.2. The number of hydrogen-bond donors (Lipinski definition) is 0. The van der Waals surface area contributed by atoms with Crippen molar-refractivity contribution in [2.45, 2.75) is 96.8 Å². The van der Waals surface area contributed by atoms with Crippen molar-refractivity contribution in [2.75, 3.05) is 0 Å². The molecule has 3 aromatic carbocycles. The summed E-state index contributed by atoms with van der Waals surface area (Å²) in [7, 11) is 0. The van der Waals surface area contributed by atoms with E-state index in [2.05, 4.69) is 31.2 Å². The minimum absolute atomic E-state index is 0.158. The van der Waals surface area contributed by atoms with Crippen molar-refractivity contribution in [3.05, 3.63) is 93.8 Å². The Balaban J connectivity index is 1.17. The molecule has 0 bridgehead atoms. The summed E-state index contributed by atoms with van der Waals surface area (Å²) < 4.78 is 42.4. The molecule has 3 aromatic rings. The third-order valence-electron chi connectivity index (χ3n) is 8.57. The van der Waals surface area contributed by atoms with Crippen molar-refractivity contribution in [1.82, 2.24) is 0 Å². The van der Waals surface area contributed by atoms with Crippen molar-refractivity contribution in [1.29, 1.82) is 0 Å². The first-order valence-electron chi connectivity index (χ1n) is 14.9. The molecule has 1 fully saturated rings. The zero-order valence-electron chi connectivity index (χ0n) is 23.3. The Morgan fingerprint density at radius 2 is 1.13 bits per heavy atom. The first-order chi connectivity index (χ1) is 18.9. The molecule has 0 amide bonds. The fourth-order valence-corrected chi connectivity index (χ4v) is 6.12. The van der Waals surface area contributed by atoms with Gasteiger partial charge in [0.25, 0.3) is 0 Å². The summed E-state index contributed by atoms with van der Waals surface area (Å²) >= 11 is 5.56. The molecule has 1 aliphatic carbocycles. The summed E-state index contributed by atoms with van der Waals surface area (Å²) in [5.41, 5.74) is 4.20. The monoisotopic (exact) mass is 554 g/mol. The minimum atomic E-state index is -0.882. The van der Waals surface area contributed by atoms with Crippen LogP contribution >= 0.6 is 11.6 Å². The molecular weight excluding hydrogens is 513 g/mol. The summed E-state index contributed by atoms with van der Waals surface area (Å²) in [6, 6.07) is 16.5. The average molecular weight is 555 g/mol. The maximum Gasteiger partial charge on any atom is 0.145 e. The maximum absolute atomic E-state index is 14.8. The van der Waals surface area contributed by atoms with Gasteiger partial charge in [0.2, 0.25) is 0 Å². The Morgan fingerprint density at radius 1 is 0.615 bits per heavy atom. The average Bonchev–Trinajstić information content (AvgIpc) is 2.94. The van der Waals surface area contributed by atoms with Gasteiger partial charge in [-0.3, -0.25) is 0 Å². The fourth-order valence-electron chi connectivity index (χ4n) is 6.01. The third kappa shape index (κ3) is 8.87. The molecule has 39 heavy (non-hydrogen) atoms. The standard InChI is InChI=1S/C35H42ClF3/c1-2-3-4-5-6-7-25-8-10-26(11-9-25)12-13-27-14-16-28(17-15-27)18-19-29-20-21-31(32(37)22-29)30-23-33(38)35(36)34(39)24-30/h8-11,20-24,27-28H,2-7,12-19H2,1H3. The van der Waals surface area contributed by atoms with Crippen LogP contribution in [-0.2, 0) is 19.3 Å². The van der Waals surface area contributed by atoms with Crippen molar-refractivity contribution in [3.63, 3.8) is 0 Å². The number of hydrogen-bond acceptors (Lipinski definition) is 0. The van der Waals surface area contributed by atoms with Gasteiger partial charge in [-0.05, 0) is 90.8 Å². The largest absolute Gasteiger partial charge is 0.206 e. The molecule has 0 aliphatic heterocycles. The van der Waals surface area contributed by atoms with Crippen LogP contribution < -0.4 is 0 Å². The van der Waals surface area contributed by atoms with E-state index in [-0.39, 0.29) is 11.1 Å². The molecule has 4 rings (SSSR count). The summed E-state index contributed by atoms with van der Waals surface area (Å²) in [4.78, 5) is 0. The van der Waals surface area contributed by atoms with Gasteiger partial charge in [-0.25, -0.2) is 13.2 Å². The highest BCUT2D eigenvalue weighted by atomic mass is 35.5. The Bertz CT molecular complexity index is 1160. The molecule has 0 heterocycles. The van der Waals surface area contributed by atoms with E-state index >= 15 is 0 Å². The predicted octanol–water partition coefficient (Wildman–Crippen LogP) is 11.3. The quantitative estimate of drug-likeness (QED) is 0.145. The highest BCUT2D eigenvalue weighted by molar-refractivity contribution is 6.31. The Labute approximate surface area is 238 Å². The van der Waals surface area contributed by atoms with Crippen LogP contribution in [0.2, 0.25) is 5.02 Å². The molecule has 0 unspecified atom stereocenters. The second-order valence-electron chi connectivity index (χ2n) is 11.5. The normalized spacial score (nSPS) is 17.5. The molecule has 0 radical (unpaired) electrons. The Morgan fingerprint density at radius 3 is 1.69 bits per heavy atom. The molecule has 0 spiro atoms. The lowest BCUT2D eigenvalue weighted by atomic mass is 9.77. The smallest absolute Gasteiger partial charge is 0.145 e. The number of unbranched alkanes of at least 4 members (excludes halogenated alkanes) is 4. The number of rotatable bonds is 13. The minimum Gasteiger partial charge on any atom is -0.206 e. The van der Waals surface area contributed by atoms with E-state index in [0.29, 0.717) is 5.92 Å². The van der Waals surface area contributed by atoms with Gasteiger partial charge < -0.3 is 0 Å². The van der Waals surface area contributed by atoms with Crippen molar-refractivity contribution >= 4 is 11.6 Å². The number of benzene rings is 3. The first-order valence-corrected chi connectivity index (χ1v) is 15.3. The highest BCUT2D eigenvalue weighted by Gasteiger charge is 2.21. The van der Waals surface area contributed by atoms with Crippen molar-refractivity contribution in [2.24, 2.45) is 11.8 Å². The van der Waals surface area contributed by atoms with E-state index in [1.165, 1.54) is 94.2 Å². The lowest BCUT2D eigenvalue weighted by Gasteiger charge is -2.28. The van der Waals surface area contributed by atoms with Crippen molar-refractivity contribution < 1.29 is 13.2 Å². The second kappa shape index (κ2) is 14.9. The highest BCUT2D eigenvalue weighted by Crippen LogP contribution is 2.35. The van der Waals surface area contributed by atoms with Gasteiger partial charge in [0.05, 0.1) is 0 Å². The number of aryl methyl sites for hydroxylation is 3. The lowest BCUT2D eigenvalue weighted by Crippen LogP contribution is -2.15. The first kappa shape index (κ1) is 29.7. The summed E-state index contributed by atoms with van der Waals surface area (Å²) in [5, 5.41) is -0.567. The Hall–Kier alpha value is -2.26. The molecule has 0 N–H and O–H groups in total. The predicted molar refractivity (Wildman–Crippen MR) is 158 cm³/mol. The molecule has 1 aliphatic rings. The summed E-state index contributed by atoms with van der Waals surface area (Å²) in [5.74, 6) is -0.743. The zero-order valence-corrected chi connectivity index (χ0v) is 24.0. The lowest BCUT2D eigenvalue weighted by molar-refractivity contribution is 0.253. The van der Waals surface area contributed by atoms with Gasteiger partial charge in [-0.15, -0.1) is 0 Å². The van der Waals surface area contributed by atoms with Gasteiger partial charge in [-0.1, -0.05) is 106 Å². The molecule has 0 saturated heterocycles. The SMILES string of the molecule is CCCCCCCc1ccc(CCC2CCC(CCc3ccc(-c4cc(F)c(Cl)c(F)c4)c(F)c3)CC2)cc1. The molecule has 0 atom stereocenters. The molecule has 210 valence electrons. The van der Waals surface area contributed by atoms with Crippen LogP contribution in [0.5, 0.6) is 0 Å². The van der Waals surface area contributed by atoms with Crippen LogP contribution in [0, 0.1) is 29.3 Å². The van der Waals surface area contributed by atoms with Gasteiger partial charge in [0.15, 0.2) is 0 Å². The van der Waals surface area contributed by atoms with E-state index in [1.807, 2.05) is 6.07 Å². The molecular formula is C35H42ClF3. The third-order valence-corrected chi connectivity index (χ3v) is 8.93. The van der Waals surface area contributed by atoms with E-state index in [9.17, 15) is 13.2 Å². The molecule has 1 saturated carbocycles. The van der Waals surface area contributed by atoms with E-state index in [0.717, 1.165) is 36.5 Å². The van der Waals surface area contributed by atoms with Crippen LogP contribution in [0.25, 0.3) is 11.1 Å². The van der Waals surface area contributed by atoms with Gasteiger partial charge in [0.1, 0.15) is 22.5 Å². The van der Waals surface area contributed by atoms with Crippen LogP contribution in [-0.4, -0.2) is 0 Å². The molecule has 0 nitrogen and oxygen atoms in total. The van der Waals surface area contributed by atoms with Crippen LogP contribution in [0.4, 0.5) is 13.2 Å². The summed E-state index contributed by atoms with van der Waals surface area (Å²) in [6.45, 7) is 2.26. The second-order valence-corrected chi connectivity index (χ2v) is 11.9. The van der Waals surface area contributed by atoms with E-state index in [1.54, 1.807) is 6.07 Å². The van der Waals surface area contributed by atoms with Crippen LogP contribution in [0.1, 0.15) is 94.2 Å².